The van der Waals surface area contributed by atoms with Gasteiger partial charge in [-0.1, -0.05) is 50.7 Å². The summed E-state index contributed by atoms with van der Waals surface area (Å²) in [4.78, 5) is 47.3. The average Bonchev–Trinajstić information content (AvgIpc) is 4.09. The third-order valence-corrected chi connectivity index (χ3v) is 14.4. The van der Waals surface area contributed by atoms with Crippen LogP contribution in [0.4, 0.5) is 0 Å². The topological polar surface area (TPSA) is 149 Å². The summed E-state index contributed by atoms with van der Waals surface area (Å²) in [5.41, 5.74) is 10.5. The van der Waals surface area contributed by atoms with Gasteiger partial charge in [-0.2, -0.15) is 0 Å². The fourth-order valence-electron chi connectivity index (χ4n) is 9.14. The first kappa shape index (κ1) is 47.0. The van der Waals surface area contributed by atoms with Crippen LogP contribution in [-0.2, 0) is 44.9 Å². The predicted molar refractivity (Wildman–Crippen MR) is 232 cm³/mol. The largest absolute Gasteiger partial charge is 0.481 e. The van der Waals surface area contributed by atoms with Crippen molar-refractivity contribution in [2.24, 2.45) is 21.7 Å². The maximum atomic E-state index is 12.0. The Labute approximate surface area is 348 Å². The minimum absolute atomic E-state index is 0.513. The summed E-state index contributed by atoms with van der Waals surface area (Å²) in [6.45, 7) is 16.2. The van der Waals surface area contributed by atoms with Crippen molar-refractivity contribution in [2.45, 2.75) is 197 Å². The highest BCUT2D eigenvalue weighted by atomic mass is 16.4. The minimum Gasteiger partial charge on any atom is -0.481 e. The molecule has 4 rings (SSSR count). The van der Waals surface area contributed by atoms with Crippen molar-refractivity contribution in [3.63, 3.8) is 0 Å². The molecule has 0 saturated heterocycles. The van der Waals surface area contributed by atoms with Crippen molar-refractivity contribution in [3.05, 3.63) is 56.6 Å². The molecule has 0 aromatic heterocycles. The second kappa shape index (κ2) is 19.6. The van der Waals surface area contributed by atoms with Crippen molar-refractivity contribution >= 4 is 23.9 Å². The van der Waals surface area contributed by atoms with Gasteiger partial charge < -0.3 is 20.4 Å². The van der Waals surface area contributed by atoms with Crippen LogP contribution in [0, 0.1) is 49.4 Å². The molecule has 0 unspecified atom stereocenters. The van der Waals surface area contributed by atoms with Crippen LogP contribution in [0.1, 0.15) is 188 Å². The maximum absolute atomic E-state index is 12.0. The van der Waals surface area contributed by atoms with Crippen molar-refractivity contribution < 1.29 is 39.6 Å². The predicted octanol–water partition coefficient (Wildman–Crippen LogP) is 12.2. The summed E-state index contributed by atoms with van der Waals surface area (Å²) in [5, 5.41) is 38.9. The maximum Gasteiger partial charge on any atom is 0.309 e. The number of aryl methyl sites for hydroxylation is 3. The van der Waals surface area contributed by atoms with E-state index in [2.05, 4.69) is 39.8 Å². The van der Waals surface area contributed by atoms with E-state index in [-0.39, 0.29) is 0 Å². The Morgan fingerprint density at radius 3 is 1.38 bits per heavy atom. The Balaban J connectivity index is 1.70. The number of benzene rings is 2. The zero-order chi connectivity index (χ0) is 43.1. The van der Waals surface area contributed by atoms with Crippen LogP contribution in [-0.4, -0.2) is 44.3 Å². The fourth-order valence-corrected chi connectivity index (χ4v) is 9.14. The van der Waals surface area contributed by atoms with E-state index in [0.717, 1.165) is 122 Å². The number of carboxylic acids is 4. The van der Waals surface area contributed by atoms with Crippen LogP contribution >= 0.6 is 0 Å². The number of rotatable bonds is 27. The first-order valence-corrected chi connectivity index (χ1v) is 22.4. The van der Waals surface area contributed by atoms with Gasteiger partial charge in [0.25, 0.3) is 0 Å². The standard InChI is InChI=1S/C50H74O8/c1-33-31-37(20-13-17-25-49(27-28-49)45(55)56)36(4)42(39(33)21-12-10-16-24-48(7,8)44(53)54)41-32-38(19-11-9-15-23-47(5,6)43(51)52)34(2)35(3)40(41)22-14-18-26-50(29-30-50)46(57)58/h31-32H,9-30H2,1-8H3,(H,51,52)(H,53,54)(H,55,56)(H,57,58). The third-order valence-electron chi connectivity index (χ3n) is 14.4. The van der Waals surface area contributed by atoms with Crippen molar-refractivity contribution in [1.82, 2.24) is 0 Å². The highest BCUT2D eigenvalue weighted by Crippen LogP contribution is 2.51. The molecule has 0 atom stereocenters. The summed E-state index contributed by atoms with van der Waals surface area (Å²) >= 11 is 0. The molecule has 58 heavy (non-hydrogen) atoms. The number of carbonyl (C=O) groups is 4. The van der Waals surface area contributed by atoms with Crippen molar-refractivity contribution in [1.29, 1.82) is 0 Å². The van der Waals surface area contributed by atoms with Gasteiger partial charge in [0, 0.05) is 0 Å². The Kier molecular flexibility index (Phi) is 15.9. The molecule has 4 N–H and O–H groups in total. The highest BCUT2D eigenvalue weighted by Gasteiger charge is 2.50. The molecule has 0 spiro atoms. The quantitative estimate of drug-likeness (QED) is 0.0652. The van der Waals surface area contributed by atoms with Crippen LogP contribution in [0.15, 0.2) is 12.1 Å². The smallest absolute Gasteiger partial charge is 0.309 e. The van der Waals surface area contributed by atoms with Crippen molar-refractivity contribution in [3.8, 4) is 11.1 Å². The normalized spacial score (nSPS) is 15.7. The lowest BCUT2D eigenvalue weighted by Crippen LogP contribution is -2.23. The van der Waals surface area contributed by atoms with E-state index in [9.17, 15) is 39.6 Å². The van der Waals surface area contributed by atoms with Crippen LogP contribution in [0.3, 0.4) is 0 Å². The zero-order valence-corrected chi connectivity index (χ0v) is 37.1. The molecule has 2 aromatic carbocycles. The first-order chi connectivity index (χ1) is 27.2. The lowest BCUT2D eigenvalue weighted by molar-refractivity contribution is -0.148. The molecule has 2 aliphatic rings. The van der Waals surface area contributed by atoms with E-state index in [1.807, 2.05) is 0 Å². The average molecular weight is 803 g/mol. The second-order valence-electron chi connectivity index (χ2n) is 19.7. The Hall–Kier alpha value is -3.68. The number of carboxylic acid groups (broad SMARTS) is 4. The van der Waals surface area contributed by atoms with Gasteiger partial charge in [-0.3, -0.25) is 19.2 Å². The molecule has 2 saturated carbocycles. The van der Waals surface area contributed by atoms with Crippen LogP contribution in [0.2, 0.25) is 0 Å². The number of unbranched alkanes of at least 4 members (excludes halogenated alkanes) is 6. The molecule has 2 aromatic rings. The zero-order valence-electron chi connectivity index (χ0n) is 37.1. The van der Waals surface area contributed by atoms with E-state index < -0.39 is 45.5 Å². The van der Waals surface area contributed by atoms with Gasteiger partial charge in [-0.05, 0) is 214 Å². The number of aliphatic carboxylic acids is 4. The lowest BCUT2D eigenvalue weighted by Gasteiger charge is -2.26. The van der Waals surface area contributed by atoms with E-state index in [1.165, 1.54) is 55.6 Å². The number of hydrogen-bond donors (Lipinski definition) is 4. The summed E-state index contributed by atoms with van der Waals surface area (Å²) < 4.78 is 0. The monoisotopic (exact) mass is 803 g/mol. The molecule has 8 heteroatoms. The van der Waals surface area contributed by atoms with Gasteiger partial charge in [0.15, 0.2) is 0 Å². The van der Waals surface area contributed by atoms with Gasteiger partial charge in [0.05, 0.1) is 21.7 Å². The van der Waals surface area contributed by atoms with Crippen molar-refractivity contribution in [2.75, 3.05) is 0 Å². The highest BCUT2D eigenvalue weighted by molar-refractivity contribution is 5.80. The minimum atomic E-state index is -0.760. The summed E-state index contributed by atoms with van der Waals surface area (Å²) in [5.74, 6) is -2.83. The van der Waals surface area contributed by atoms with E-state index in [1.54, 1.807) is 27.7 Å². The second-order valence-corrected chi connectivity index (χ2v) is 19.7. The Bertz CT molecular complexity index is 1810. The van der Waals surface area contributed by atoms with Crippen LogP contribution in [0.5, 0.6) is 0 Å². The van der Waals surface area contributed by atoms with Gasteiger partial charge in [0.2, 0.25) is 0 Å². The molecule has 0 radical (unpaired) electrons. The lowest BCUT2D eigenvalue weighted by atomic mass is 9.79. The molecule has 0 amide bonds. The Morgan fingerprint density at radius 1 is 0.517 bits per heavy atom. The van der Waals surface area contributed by atoms with Crippen LogP contribution in [0.25, 0.3) is 11.1 Å². The molecule has 0 heterocycles. The summed E-state index contributed by atoms with van der Waals surface area (Å²) in [7, 11) is 0. The molecule has 322 valence electrons. The van der Waals surface area contributed by atoms with Gasteiger partial charge in [0.1, 0.15) is 0 Å². The van der Waals surface area contributed by atoms with Gasteiger partial charge in [-0.15, -0.1) is 0 Å². The molecular formula is C50H74O8. The third kappa shape index (κ3) is 11.7. The Morgan fingerprint density at radius 2 is 0.931 bits per heavy atom. The SMILES string of the molecule is Cc1cc(CCCCC2(C(=O)O)CC2)c(C)c(-c2cc(CCCCCC(C)(C)C(=O)O)c(C)c(C)c2CCCCC2(C(=O)O)CC2)c1CCCCCC(C)(C)C(=O)O. The molecule has 0 bridgehead atoms. The van der Waals surface area contributed by atoms with E-state index >= 15 is 0 Å². The van der Waals surface area contributed by atoms with E-state index in [4.69, 9.17) is 0 Å². The molecular weight excluding hydrogens is 729 g/mol. The van der Waals surface area contributed by atoms with Crippen LogP contribution < -0.4 is 0 Å². The first-order valence-electron chi connectivity index (χ1n) is 22.4. The summed E-state index contributed by atoms with van der Waals surface area (Å²) in [6.07, 6.45) is 18.5. The molecule has 2 fully saturated rings. The molecule has 8 nitrogen and oxygen atoms in total. The molecule has 0 aliphatic heterocycles. The van der Waals surface area contributed by atoms with E-state index in [0.29, 0.717) is 19.3 Å². The summed E-state index contributed by atoms with van der Waals surface area (Å²) in [6, 6.07) is 4.79. The number of hydrogen-bond acceptors (Lipinski definition) is 4. The molecule has 2 aliphatic carbocycles. The fraction of sp³-hybridized carbons (Fsp3) is 0.680. The van der Waals surface area contributed by atoms with Gasteiger partial charge in [-0.25, -0.2) is 0 Å². The van der Waals surface area contributed by atoms with Gasteiger partial charge >= 0.3 is 23.9 Å².